The van der Waals surface area contributed by atoms with Crippen molar-refractivity contribution < 1.29 is 9.59 Å². The first-order valence-corrected chi connectivity index (χ1v) is 8.69. The van der Waals surface area contributed by atoms with E-state index in [1.807, 2.05) is 61.5 Å². The molecule has 0 saturated carbocycles. The number of hydrogen-bond acceptors (Lipinski definition) is 4. The van der Waals surface area contributed by atoms with Crippen molar-refractivity contribution in [2.24, 2.45) is 0 Å². The molecule has 1 aromatic heterocycles. The van der Waals surface area contributed by atoms with Crippen LogP contribution in [-0.4, -0.2) is 45.3 Å². The van der Waals surface area contributed by atoms with Gasteiger partial charge in [-0.3, -0.25) is 9.59 Å². The molecular formula is C20H21N5O2. The Balaban J connectivity index is 1.64. The molecule has 0 unspecified atom stereocenters. The Kier molecular flexibility index (Phi) is 5.61. The summed E-state index contributed by atoms with van der Waals surface area (Å²) in [5.41, 5.74) is 2.75. The van der Waals surface area contributed by atoms with Gasteiger partial charge in [-0.05, 0) is 30.2 Å². The summed E-state index contributed by atoms with van der Waals surface area (Å²) >= 11 is 0. The van der Waals surface area contributed by atoms with Crippen molar-refractivity contribution in [2.75, 3.05) is 18.9 Å². The highest BCUT2D eigenvalue weighted by Crippen LogP contribution is 2.15. The third kappa shape index (κ3) is 4.38. The largest absolute Gasteiger partial charge is 0.331 e. The number of benzene rings is 2. The summed E-state index contributed by atoms with van der Waals surface area (Å²) in [6.07, 6.45) is 2.21. The molecule has 0 aliphatic carbocycles. The number of carbonyl (C=O) groups is 2. The maximum atomic E-state index is 12.5. The summed E-state index contributed by atoms with van der Waals surface area (Å²) in [7, 11) is 1.56. The molecule has 0 aliphatic heterocycles. The van der Waals surface area contributed by atoms with Crippen LogP contribution in [0.5, 0.6) is 0 Å². The predicted octanol–water partition coefficient (Wildman–Crippen LogP) is 2.54. The van der Waals surface area contributed by atoms with E-state index in [0.717, 1.165) is 23.4 Å². The van der Waals surface area contributed by atoms with Gasteiger partial charge in [-0.15, -0.1) is 5.10 Å². The number of anilines is 1. The van der Waals surface area contributed by atoms with Gasteiger partial charge in [-0.1, -0.05) is 43.3 Å². The standard InChI is InChI=1S/C20H21N5O2/c1-3-15-9-7-8-12-17(15)22-19(26)14-24(2)20(27)18-13-21-25(23-18)16-10-5-4-6-11-16/h4-13H,3,14H2,1-2H3,(H,22,26). The fraction of sp³-hybridized carbons (Fsp3) is 0.200. The van der Waals surface area contributed by atoms with Gasteiger partial charge in [0.2, 0.25) is 5.91 Å². The first-order chi connectivity index (χ1) is 13.1. The SMILES string of the molecule is CCc1ccccc1NC(=O)CN(C)C(=O)c1cnn(-c2ccccc2)n1. The van der Waals surface area contributed by atoms with E-state index in [-0.39, 0.29) is 24.1 Å². The van der Waals surface area contributed by atoms with Gasteiger partial charge in [0.05, 0.1) is 18.4 Å². The Morgan fingerprint density at radius 2 is 1.78 bits per heavy atom. The van der Waals surface area contributed by atoms with Gasteiger partial charge < -0.3 is 10.2 Å². The van der Waals surface area contributed by atoms with E-state index in [4.69, 9.17) is 0 Å². The molecule has 1 N–H and O–H groups in total. The molecule has 0 aliphatic rings. The van der Waals surface area contributed by atoms with Crippen LogP contribution in [0, 0.1) is 0 Å². The van der Waals surface area contributed by atoms with Gasteiger partial charge in [0.1, 0.15) is 0 Å². The van der Waals surface area contributed by atoms with Crippen LogP contribution in [0.25, 0.3) is 5.69 Å². The van der Waals surface area contributed by atoms with Crippen LogP contribution >= 0.6 is 0 Å². The number of likely N-dealkylation sites (N-methyl/N-ethyl adjacent to an activating group) is 1. The van der Waals surface area contributed by atoms with Crippen LogP contribution in [0.3, 0.4) is 0 Å². The highest BCUT2D eigenvalue weighted by Gasteiger charge is 2.19. The van der Waals surface area contributed by atoms with Crippen LogP contribution in [0.2, 0.25) is 0 Å². The minimum absolute atomic E-state index is 0.0743. The van der Waals surface area contributed by atoms with Crippen molar-refractivity contribution in [3.63, 3.8) is 0 Å². The lowest BCUT2D eigenvalue weighted by Gasteiger charge is -2.16. The molecule has 3 aromatic rings. The molecular weight excluding hydrogens is 342 g/mol. The van der Waals surface area contributed by atoms with Crippen molar-refractivity contribution >= 4 is 17.5 Å². The van der Waals surface area contributed by atoms with Gasteiger partial charge in [0.15, 0.2) is 5.69 Å². The molecule has 0 radical (unpaired) electrons. The molecule has 27 heavy (non-hydrogen) atoms. The molecule has 0 spiro atoms. The molecule has 2 amide bonds. The number of nitrogens with zero attached hydrogens (tertiary/aromatic N) is 4. The van der Waals surface area contributed by atoms with E-state index in [2.05, 4.69) is 15.5 Å². The summed E-state index contributed by atoms with van der Waals surface area (Å²) < 4.78 is 0. The number of nitrogens with one attached hydrogen (secondary N) is 1. The van der Waals surface area contributed by atoms with Crippen molar-refractivity contribution in [2.45, 2.75) is 13.3 Å². The Labute approximate surface area is 157 Å². The fourth-order valence-corrected chi connectivity index (χ4v) is 2.67. The molecule has 0 saturated heterocycles. The minimum atomic E-state index is -0.365. The number of para-hydroxylation sites is 2. The first kappa shape index (κ1) is 18.3. The lowest BCUT2D eigenvalue weighted by Crippen LogP contribution is -2.35. The molecule has 1 heterocycles. The smallest absolute Gasteiger partial charge is 0.276 e. The molecule has 0 bridgehead atoms. The fourth-order valence-electron chi connectivity index (χ4n) is 2.67. The maximum absolute atomic E-state index is 12.5. The third-order valence-electron chi connectivity index (χ3n) is 4.10. The average Bonchev–Trinajstić information content (AvgIpc) is 3.18. The molecule has 7 heteroatoms. The Morgan fingerprint density at radius 3 is 2.52 bits per heavy atom. The topological polar surface area (TPSA) is 80.1 Å². The second-order valence-electron chi connectivity index (χ2n) is 6.07. The second kappa shape index (κ2) is 8.27. The molecule has 2 aromatic carbocycles. The van der Waals surface area contributed by atoms with Crippen LogP contribution in [0.1, 0.15) is 23.0 Å². The molecule has 3 rings (SSSR count). The van der Waals surface area contributed by atoms with Crippen LogP contribution in [0.4, 0.5) is 5.69 Å². The van der Waals surface area contributed by atoms with Crippen LogP contribution < -0.4 is 5.32 Å². The summed E-state index contributed by atoms with van der Waals surface area (Å²) in [5, 5.41) is 11.2. The van der Waals surface area contributed by atoms with Crippen LogP contribution in [0.15, 0.2) is 60.8 Å². The number of aryl methyl sites for hydroxylation is 1. The zero-order valence-corrected chi connectivity index (χ0v) is 15.3. The number of carbonyl (C=O) groups excluding carboxylic acids is 2. The first-order valence-electron chi connectivity index (χ1n) is 8.69. The van der Waals surface area contributed by atoms with Crippen molar-refractivity contribution in [3.05, 3.63) is 72.1 Å². The van der Waals surface area contributed by atoms with E-state index >= 15 is 0 Å². The van der Waals surface area contributed by atoms with Gasteiger partial charge >= 0.3 is 0 Å². The molecule has 7 nitrogen and oxygen atoms in total. The predicted molar refractivity (Wildman–Crippen MR) is 103 cm³/mol. The van der Waals surface area contributed by atoms with Crippen molar-refractivity contribution in [1.29, 1.82) is 0 Å². The number of rotatable bonds is 6. The Bertz CT molecular complexity index is 936. The third-order valence-corrected chi connectivity index (χ3v) is 4.10. The van der Waals surface area contributed by atoms with E-state index < -0.39 is 0 Å². The zero-order valence-electron chi connectivity index (χ0n) is 15.3. The zero-order chi connectivity index (χ0) is 19.2. The highest BCUT2D eigenvalue weighted by atomic mass is 16.2. The van der Waals surface area contributed by atoms with E-state index in [1.165, 1.54) is 15.9 Å². The minimum Gasteiger partial charge on any atom is -0.331 e. The number of amides is 2. The Hall–Kier alpha value is -3.48. The van der Waals surface area contributed by atoms with Gasteiger partial charge in [-0.25, -0.2) is 0 Å². The van der Waals surface area contributed by atoms with Crippen molar-refractivity contribution in [1.82, 2.24) is 19.9 Å². The average molecular weight is 363 g/mol. The van der Waals surface area contributed by atoms with Gasteiger partial charge in [0, 0.05) is 12.7 Å². The quantitative estimate of drug-likeness (QED) is 0.730. The summed E-state index contributed by atoms with van der Waals surface area (Å²) in [4.78, 5) is 27.5. The van der Waals surface area contributed by atoms with Crippen molar-refractivity contribution in [3.8, 4) is 5.69 Å². The maximum Gasteiger partial charge on any atom is 0.276 e. The normalized spacial score (nSPS) is 10.4. The van der Waals surface area contributed by atoms with E-state index in [9.17, 15) is 9.59 Å². The monoisotopic (exact) mass is 363 g/mol. The number of hydrogen-bond donors (Lipinski definition) is 1. The second-order valence-corrected chi connectivity index (χ2v) is 6.07. The number of aromatic nitrogens is 3. The molecule has 0 atom stereocenters. The summed E-state index contributed by atoms with van der Waals surface area (Å²) in [6.45, 7) is 1.95. The lowest BCUT2D eigenvalue weighted by molar-refractivity contribution is -0.116. The summed E-state index contributed by atoms with van der Waals surface area (Å²) in [6, 6.07) is 16.9. The van der Waals surface area contributed by atoms with Gasteiger partial charge in [-0.2, -0.15) is 9.90 Å². The molecule has 0 fully saturated rings. The summed E-state index contributed by atoms with van der Waals surface area (Å²) in [5.74, 6) is -0.627. The van der Waals surface area contributed by atoms with Gasteiger partial charge in [0.25, 0.3) is 5.91 Å². The lowest BCUT2D eigenvalue weighted by atomic mass is 10.1. The highest BCUT2D eigenvalue weighted by molar-refractivity contribution is 5.98. The van der Waals surface area contributed by atoms with E-state index in [0.29, 0.717) is 0 Å². The van der Waals surface area contributed by atoms with Crippen LogP contribution in [-0.2, 0) is 11.2 Å². The molecule has 138 valence electrons. The van der Waals surface area contributed by atoms with E-state index in [1.54, 1.807) is 7.05 Å². The Morgan fingerprint density at radius 1 is 1.07 bits per heavy atom.